The molecule has 3 N–H and O–H groups in total. The summed E-state index contributed by atoms with van der Waals surface area (Å²) in [4.78, 5) is 11.7. The van der Waals surface area contributed by atoms with Crippen molar-refractivity contribution in [2.45, 2.75) is 33.2 Å². The maximum Gasteiger partial charge on any atom is 0.234 e. The van der Waals surface area contributed by atoms with Gasteiger partial charge >= 0.3 is 0 Å². The number of rotatable bonds is 5. The number of anilines is 1. The minimum atomic E-state index is -0.231. The first kappa shape index (κ1) is 15.1. The highest BCUT2D eigenvalue weighted by molar-refractivity contribution is 8.00. The number of nitrogens with one attached hydrogen (secondary N) is 1. The zero-order valence-corrected chi connectivity index (χ0v) is 12.4. The first-order valence-corrected chi connectivity index (χ1v) is 7.17. The van der Waals surface area contributed by atoms with Crippen molar-refractivity contribution < 1.29 is 4.79 Å². The van der Waals surface area contributed by atoms with Crippen LogP contribution in [0.1, 0.15) is 25.0 Å². The second kappa shape index (κ2) is 6.25. The minimum Gasteiger partial charge on any atom is -0.325 e. The van der Waals surface area contributed by atoms with Gasteiger partial charge in [0.15, 0.2) is 0 Å². The van der Waals surface area contributed by atoms with E-state index in [1.165, 1.54) is 11.1 Å². The third-order valence-corrected chi connectivity index (χ3v) is 3.91. The van der Waals surface area contributed by atoms with Crippen LogP contribution < -0.4 is 11.1 Å². The summed E-state index contributed by atoms with van der Waals surface area (Å²) in [5.74, 6) is 1.23. The molecule has 0 heterocycles. The lowest BCUT2D eigenvalue weighted by Gasteiger charge is -2.17. The Labute approximate surface area is 114 Å². The van der Waals surface area contributed by atoms with E-state index in [0.29, 0.717) is 5.75 Å². The number of benzene rings is 1. The molecule has 0 aliphatic rings. The molecule has 4 heteroatoms. The number of aryl methyl sites for hydroxylation is 2. The van der Waals surface area contributed by atoms with Gasteiger partial charge < -0.3 is 11.1 Å². The van der Waals surface area contributed by atoms with Crippen molar-refractivity contribution in [1.29, 1.82) is 0 Å². The number of hydrogen-bond donors (Lipinski definition) is 2. The van der Waals surface area contributed by atoms with E-state index in [1.807, 2.05) is 39.0 Å². The molecule has 0 spiro atoms. The topological polar surface area (TPSA) is 55.1 Å². The second-order valence-corrected chi connectivity index (χ2v) is 6.31. The van der Waals surface area contributed by atoms with E-state index in [2.05, 4.69) is 12.2 Å². The first-order chi connectivity index (χ1) is 8.28. The number of carbonyl (C=O) groups is 1. The normalized spacial score (nSPS) is 11.4. The molecule has 0 saturated heterocycles. The smallest absolute Gasteiger partial charge is 0.234 e. The number of thioether (sulfide) groups is 1. The van der Waals surface area contributed by atoms with Crippen LogP contribution in [-0.2, 0) is 4.79 Å². The van der Waals surface area contributed by atoms with Crippen molar-refractivity contribution in [3.63, 3.8) is 0 Å². The van der Waals surface area contributed by atoms with Crippen LogP contribution in [0.3, 0.4) is 0 Å². The molecule has 100 valence electrons. The van der Waals surface area contributed by atoms with Crippen LogP contribution in [0.15, 0.2) is 18.2 Å². The lowest BCUT2D eigenvalue weighted by Crippen LogP contribution is -2.35. The average molecular weight is 266 g/mol. The van der Waals surface area contributed by atoms with Crippen molar-refractivity contribution in [2.75, 3.05) is 16.8 Å². The molecule has 0 unspecified atom stereocenters. The van der Waals surface area contributed by atoms with E-state index in [4.69, 9.17) is 5.73 Å². The maximum atomic E-state index is 11.7. The van der Waals surface area contributed by atoms with Gasteiger partial charge in [-0.05, 0) is 51.0 Å². The number of hydrogen-bond acceptors (Lipinski definition) is 3. The lowest BCUT2D eigenvalue weighted by molar-refractivity contribution is -0.113. The molecule has 0 aliphatic carbocycles. The van der Waals surface area contributed by atoms with E-state index in [9.17, 15) is 4.79 Å². The Morgan fingerprint density at radius 3 is 2.56 bits per heavy atom. The van der Waals surface area contributed by atoms with Crippen molar-refractivity contribution in [3.05, 3.63) is 29.3 Å². The molecule has 0 radical (unpaired) electrons. The monoisotopic (exact) mass is 266 g/mol. The Morgan fingerprint density at radius 2 is 2.00 bits per heavy atom. The molecular weight excluding hydrogens is 244 g/mol. The summed E-state index contributed by atoms with van der Waals surface area (Å²) in [6.45, 7) is 8.01. The summed E-state index contributed by atoms with van der Waals surface area (Å²) < 4.78 is 0. The summed E-state index contributed by atoms with van der Waals surface area (Å²) >= 11 is 1.56. The van der Waals surface area contributed by atoms with Crippen molar-refractivity contribution in [3.8, 4) is 0 Å². The SMILES string of the molecule is Cc1ccc(NC(=O)CSCC(C)(C)N)cc1C. The van der Waals surface area contributed by atoms with E-state index in [0.717, 1.165) is 11.4 Å². The van der Waals surface area contributed by atoms with Crippen LogP contribution in [-0.4, -0.2) is 23.0 Å². The van der Waals surface area contributed by atoms with Crippen LogP contribution in [0.4, 0.5) is 5.69 Å². The van der Waals surface area contributed by atoms with Gasteiger partial charge in [-0.3, -0.25) is 4.79 Å². The summed E-state index contributed by atoms with van der Waals surface area (Å²) in [5.41, 5.74) is 8.90. The molecule has 1 aromatic rings. The summed E-state index contributed by atoms with van der Waals surface area (Å²) in [7, 11) is 0. The predicted molar refractivity (Wildman–Crippen MR) is 80.1 cm³/mol. The van der Waals surface area contributed by atoms with Crippen LogP contribution >= 0.6 is 11.8 Å². The standard InChI is InChI=1S/C14H22N2OS/c1-10-5-6-12(7-11(10)2)16-13(17)8-18-9-14(3,4)15/h5-7H,8-9,15H2,1-4H3,(H,16,17). The van der Waals surface area contributed by atoms with Crippen molar-refractivity contribution in [2.24, 2.45) is 5.73 Å². The van der Waals surface area contributed by atoms with E-state index in [-0.39, 0.29) is 11.4 Å². The second-order valence-electron chi connectivity index (χ2n) is 5.33. The molecule has 0 fully saturated rings. The van der Waals surface area contributed by atoms with Gasteiger partial charge in [0.1, 0.15) is 0 Å². The molecule has 0 bridgehead atoms. The number of amides is 1. The fraction of sp³-hybridized carbons (Fsp3) is 0.500. The lowest BCUT2D eigenvalue weighted by atomic mass is 10.1. The van der Waals surface area contributed by atoms with Crippen LogP contribution in [0, 0.1) is 13.8 Å². The number of carbonyl (C=O) groups excluding carboxylic acids is 1. The predicted octanol–water partition coefficient (Wildman–Crippen LogP) is 2.71. The van der Waals surface area contributed by atoms with E-state index < -0.39 is 0 Å². The van der Waals surface area contributed by atoms with Crippen LogP contribution in [0.2, 0.25) is 0 Å². The van der Waals surface area contributed by atoms with Gasteiger partial charge in [-0.1, -0.05) is 6.07 Å². The van der Waals surface area contributed by atoms with Gasteiger partial charge in [-0.25, -0.2) is 0 Å². The molecule has 1 aromatic carbocycles. The summed E-state index contributed by atoms with van der Waals surface area (Å²) in [6.07, 6.45) is 0. The minimum absolute atomic E-state index is 0.0208. The zero-order valence-electron chi connectivity index (χ0n) is 11.5. The molecule has 3 nitrogen and oxygen atoms in total. The molecular formula is C14H22N2OS. The van der Waals surface area contributed by atoms with Gasteiger partial charge in [0.25, 0.3) is 0 Å². The Balaban J connectivity index is 2.42. The first-order valence-electron chi connectivity index (χ1n) is 6.02. The van der Waals surface area contributed by atoms with Crippen LogP contribution in [0.25, 0.3) is 0 Å². The molecule has 1 amide bonds. The van der Waals surface area contributed by atoms with E-state index in [1.54, 1.807) is 11.8 Å². The third kappa shape index (κ3) is 5.56. The Morgan fingerprint density at radius 1 is 1.33 bits per heavy atom. The van der Waals surface area contributed by atoms with Gasteiger partial charge in [0.2, 0.25) is 5.91 Å². The number of nitrogens with two attached hydrogens (primary N) is 1. The zero-order chi connectivity index (χ0) is 13.8. The van der Waals surface area contributed by atoms with Gasteiger partial charge in [0, 0.05) is 17.0 Å². The molecule has 0 atom stereocenters. The highest BCUT2D eigenvalue weighted by atomic mass is 32.2. The Kier molecular flexibility index (Phi) is 5.23. The Hall–Kier alpha value is -1.00. The molecule has 18 heavy (non-hydrogen) atoms. The van der Waals surface area contributed by atoms with Gasteiger partial charge in [-0.2, -0.15) is 11.8 Å². The van der Waals surface area contributed by atoms with Gasteiger partial charge in [-0.15, -0.1) is 0 Å². The van der Waals surface area contributed by atoms with E-state index >= 15 is 0 Å². The summed E-state index contributed by atoms with van der Waals surface area (Å²) in [6, 6.07) is 5.93. The molecule has 0 aromatic heterocycles. The molecule has 0 aliphatic heterocycles. The highest BCUT2D eigenvalue weighted by Gasteiger charge is 2.12. The average Bonchev–Trinajstić information content (AvgIpc) is 2.21. The fourth-order valence-electron chi connectivity index (χ4n) is 1.42. The fourth-order valence-corrected chi connectivity index (χ4v) is 2.31. The van der Waals surface area contributed by atoms with Gasteiger partial charge in [0.05, 0.1) is 5.75 Å². The highest BCUT2D eigenvalue weighted by Crippen LogP contribution is 2.15. The third-order valence-electron chi connectivity index (χ3n) is 2.50. The maximum absolute atomic E-state index is 11.7. The Bertz CT molecular complexity index is 424. The molecule has 0 saturated carbocycles. The molecule has 1 rings (SSSR count). The largest absolute Gasteiger partial charge is 0.325 e. The van der Waals surface area contributed by atoms with Crippen molar-refractivity contribution >= 4 is 23.4 Å². The van der Waals surface area contributed by atoms with Crippen molar-refractivity contribution in [1.82, 2.24) is 0 Å². The summed E-state index contributed by atoms with van der Waals surface area (Å²) in [5, 5.41) is 2.90. The quantitative estimate of drug-likeness (QED) is 0.861. The van der Waals surface area contributed by atoms with Crippen LogP contribution in [0.5, 0.6) is 0 Å².